The SMILES string of the molecule is O=C(NCc1nc(N2CCCC2)nc(N2CCOCC2)n1)Nc1ccc(F)cc1F. The topological polar surface area (TPSA) is 95.5 Å². The van der Waals surface area contributed by atoms with Gasteiger partial charge in [0, 0.05) is 32.2 Å². The molecule has 0 radical (unpaired) electrons. The van der Waals surface area contributed by atoms with Gasteiger partial charge in [0.25, 0.3) is 0 Å². The lowest BCUT2D eigenvalue weighted by molar-refractivity contribution is 0.122. The highest BCUT2D eigenvalue weighted by atomic mass is 19.1. The molecule has 11 heteroatoms. The molecule has 2 aliphatic rings. The van der Waals surface area contributed by atoms with E-state index in [1.807, 2.05) is 4.90 Å². The van der Waals surface area contributed by atoms with Gasteiger partial charge in [0.1, 0.15) is 11.6 Å². The second-order valence-corrected chi connectivity index (χ2v) is 7.08. The van der Waals surface area contributed by atoms with Crippen LogP contribution in [0, 0.1) is 11.6 Å². The number of nitrogens with one attached hydrogen (secondary N) is 2. The van der Waals surface area contributed by atoms with Gasteiger partial charge in [0.05, 0.1) is 25.4 Å². The Bertz CT molecular complexity index is 902. The Hall–Kier alpha value is -3.08. The van der Waals surface area contributed by atoms with Gasteiger partial charge < -0.3 is 25.2 Å². The van der Waals surface area contributed by atoms with Crippen LogP contribution >= 0.6 is 0 Å². The average molecular weight is 419 g/mol. The molecule has 0 saturated carbocycles. The molecule has 4 rings (SSSR count). The van der Waals surface area contributed by atoms with Crippen LogP contribution in [-0.2, 0) is 11.3 Å². The van der Waals surface area contributed by atoms with E-state index in [1.165, 1.54) is 0 Å². The van der Waals surface area contributed by atoms with E-state index in [2.05, 4.69) is 30.5 Å². The predicted molar refractivity (Wildman–Crippen MR) is 107 cm³/mol. The number of nitrogens with zero attached hydrogens (tertiary/aromatic N) is 5. The predicted octanol–water partition coefficient (Wildman–Crippen LogP) is 1.91. The van der Waals surface area contributed by atoms with Gasteiger partial charge in [-0.25, -0.2) is 13.6 Å². The Kier molecular flexibility index (Phi) is 6.17. The third-order valence-corrected chi connectivity index (χ3v) is 4.93. The van der Waals surface area contributed by atoms with Crippen LogP contribution in [-0.4, -0.2) is 60.4 Å². The zero-order chi connectivity index (χ0) is 20.9. The number of morpholine rings is 1. The molecular formula is C19H23F2N7O2. The van der Waals surface area contributed by atoms with Crippen molar-refractivity contribution in [3.05, 3.63) is 35.7 Å². The van der Waals surface area contributed by atoms with E-state index in [0.29, 0.717) is 50.1 Å². The number of carbonyl (C=O) groups excluding carboxylic acids is 1. The van der Waals surface area contributed by atoms with Crippen LogP contribution in [0.2, 0.25) is 0 Å². The molecule has 9 nitrogen and oxygen atoms in total. The van der Waals surface area contributed by atoms with Crippen molar-refractivity contribution in [2.75, 3.05) is 54.5 Å². The van der Waals surface area contributed by atoms with Crippen molar-refractivity contribution < 1.29 is 18.3 Å². The van der Waals surface area contributed by atoms with Crippen molar-refractivity contribution in [1.82, 2.24) is 20.3 Å². The first-order chi connectivity index (χ1) is 14.6. The summed E-state index contributed by atoms with van der Waals surface area (Å²) in [5.41, 5.74) is -0.115. The largest absolute Gasteiger partial charge is 0.378 e. The van der Waals surface area contributed by atoms with Gasteiger partial charge in [0.15, 0.2) is 5.82 Å². The Morgan fingerprint density at radius 1 is 1.00 bits per heavy atom. The molecule has 1 aromatic carbocycles. The maximum Gasteiger partial charge on any atom is 0.319 e. The maximum absolute atomic E-state index is 13.7. The highest BCUT2D eigenvalue weighted by Crippen LogP contribution is 2.20. The zero-order valence-corrected chi connectivity index (χ0v) is 16.4. The van der Waals surface area contributed by atoms with Crippen LogP contribution < -0.4 is 20.4 Å². The summed E-state index contributed by atoms with van der Waals surface area (Å²) in [5.74, 6) is -0.0177. The first-order valence-electron chi connectivity index (χ1n) is 9.91. The summed E-state index contributed by atoms with van der Waals surface area (Å²) in [6.45, 7) is 4.36. The number of ether oxygens (including phenoxy) is 1. The van der Waals surface area contributed by atoms with Crippen molar-refractivity contribution in [2.45, 2.75) is 19.4 Å². The van der Waals surface area contributed by atoms with E-state index in [1.54, 1.807) is 0 Å². The standard InChI is InChI=1S/C19H23F2N7O2/c20-13-3-4-15(14(21)11-13)23-19(29)22-12-16-24-17(27-5-1-2-6-27)26-18(25-16)28-7-9-30-10-8-28/h3-4,11H,1-2,5-10,12H2,(H2,22,23,29). The lowest BCUT2D eigenvalue weighted by atomic mass is 10.3. The summed E-state index contributed by atoms with van der Waals surface area (Å²) in [5, 5.41) is 4.97. The summed E-state index contributed by atoms with van der Waals surface area (Å²) >= 11 is 0. The molecule has 160 valence electrons. The first kappa shape index (κ1) is 20.2. The molecule has 2 N–H and O–H groups in total. The number of urea groups is 1. The zero-order valence-electron chi connectivity index (χ0n) is 16.4. The molecule has 2 aromatic rings. The van der Waals surface area contributed by atoms with Gasteiger partial charge in [-0.05, 0) is 25.0 Å². The van der Waals surface area contributed by atoms with E-state index in [-0.39, 0.29) is 12.2 Å². The molecule has 2 fully saturated rings. The van der Waals surface area contributed by atoms with Crippen LogP contribution in [0.1, 0.15) is 18.7 Å². The fourth-order valence-electron chi connectivity index (χ4n) is 3.35. The average Bonchev–Trinajstić information content (AvgIpc) is 3.30. The van der Waals surface area contributed by atoms with Crippen molar-refractivity contribution in [2.24, 2.45) is 0 Å². The van der Waals surface area contributed by atoms with E-state index in [0.717, 1.165) is 38.1 Å². The molecule has 0 unspecified atom stereocenters. The van der Waals surface area contributed by atoms with Gasteiger partial charge in [-0.1, -0.05) is 0 Å². The van der Waals surface area contributed by atoms with Crippen LogP contribution in [0.5, 0.6) is 0 Å². The number of rotatable bonds is 5. The highest BCUT2D eigenvalue weighted by Gasteiger charge is 2.21. The molecule has 0 atom stereocenters. The van der Waals surface area contributed by atoms with Gasteiger partial charge >= 0.3 is 6.03 Å². The summed E-state index contributed by atoms with van der Waals surface area (Å²) in [4.78, 5) is 29.9. The fourth-order valence-corrected chi connectivity index (χ4v) is 3.35. The second kappa shape index (κ2) is 9.16. The van der Waals surface area contributed by atoms with E-state index in [9.17, 15) is 13.6 Å². The molecular weight excluding hydrogens is 396 g/mol. The fraction of sp³-hybridized carbons (Fsp3) is 0.474. The summed E-state index contributed by atoms with van der Waals surface area (Å²) in [6, 6.07) is 2.30. The number of amides is 2. The van der Waals surface area contributed by atoms with Crippen LogP contribution in [0.25, 0.3) is 0 Å². The number of hydrogen-bond acceptors (Lipinski definition) is 7. The Morgan fingerprint density at radius 3 is 2.33 bits per heavy atom. The van der Waals surface area contributed by atoms with Gasteiger partial charge in [-0.15, -0.1) is 0 Å². The first-order valence-corrected chi connectivity index (χ1v) is 9.91. The lowest BCUT2D eigenvalue weighted by Crippen LogP contribution is -2.38. The Labute approximate surface area is 172 Å². The van der Waals surface area contributed by atoms with Crippen molar-refractivity contribution in [3.63, 3.8) is 0 Å². The Morgan fingerprint density at radius 2 is 1.67 bits per heavy atom. The van der Waals surface area contributed by atoms with Gasteiger partial charge in [-0.3, -0.25) is 0 Å². The number of aromatic nitrogens is 3. The molecule has 1 aromatic heterocycles. The van der Waals surface area contributed by atoms with Gasteiger partial charge in [0.2, 0.25) is 11.9 Å². The summed E-state index contributed by atoms with van der Waals surface area (Å²) < 4.78 is 32.1. The van der Waals surface area contributed by atoms with Crippen molar-refractivity contribution >= 4 is 23.6 Å². The molecule has 2 saturated heterocycles. The molecule has 0 bridgehead atoms. The van der Waals surface area contributed by atoms with Crippen molar-refractivity contribution in [3.8, 4) is 0 Å². The lowest BCUT2D eigenvalue weighted by Gasteiger charge is -2.28. The van der Waals surface area contributed by atoms with Crippen LogP contribution in [0.15, 0.2) is 18.2 Å². The highest BCUT2D eigenvalue weighted by molar-refractivity contribution is 5.89. The monoisotopic (exact) mass is 419 g/mol. The molecule has 30 heavy (non-hydrogen) atoms. The third kappa shape index (κ3) is 4.90. The molecule has 2 aliphatic heterocycles. The maximum atomic E-state index is 13.7. The molecule has 0 aliphatic carbocycles. The number of benzene rings is 1. The number of halogens is 2. The second-order valence-electron chi connectivity index (χ2n) is 7.08. The minimum atomic E-state index is -0.851. The van der Waals surface area contributed by atoms with Crippen LogP contribution in [0.3, 0.4) is 0 Å². The molecule has 2 amide bonds. The van der Waals surface area contributed by atoms with Crippen molar-refractivity contribution in [1.29, 1.82) is 0 Å². The smallest absolute Gasteiger partial charge is 0.319 e. The molecule has 0 spiro atoms. The minimum absolute atomic E-state index is 0.0371. The number of hydrogen-bond donors (Lipinski definition) is 2. The number of anilines is 3. The Balaban J connectivity index is 1.46. The normalized spacial score (nSPS) is 16.6. The minimum Gasteiger partial charge on any atom is -0.378 e. The van der Waals surface area contributed by atoms with Crippen LogP contribution in [0.4, 0.5) is 31.2 Å². The quantitative estimate of drug-likeness (QED) is 0.764. The van der Waals surface area contributed by atoms with Gasteiger partial charge in [-0.2, -0.15) is 15.0 Å². The summed E-state index contributed by atoms with van der Waals surface area (Å²) in [7, 11) is 0. The number of carbonyl (C=O) groups is 1. The summed E-state index contributed by atoms with van der Waals surface area (Å²) in [6.07, 6.45) is 2.16. The third-order valence-electron chi connectivity index (χ3n) is 4.93. The van der Waals surface area contributed by atoms with E-state index >= 15 is 0 Å². The van der Waals surface area contributed by atoms with E-state index < -0.39 is 17.7 Å². The van der Waals surface area contributed by atoms with E-state index in [4.69, 9.17) is 4.74 Å². The molecule has 3 heterocycles.